The second kappa shape index (κ2) is 5.27. The lowest BCUT2D eigenvalue weighted by Crippen LogP contribution is -2.10. The average Bonchev–Trinajstić information content (AvgIpc) is 1.69. The molecule has 0 unspecified atom stereocenters. The molecule has 0 saturated heterocycles. The van der Waals surface area contributed by atoms with Crippen molar-refractivity contribution in [2.45, 2.75) is 6.92 Å². The average molecular weight is 100 g/mol. The lowest BCUT2D eigenvalue weighted by Gasteiger charge is -1.87. The predicted molar refractivity (Wildman–Crippen MR) is 27.7 cm³/mol. The maximum atomic E-state index is 7.71. The summed E-state index contributed by atoms with van der Waals surface area (Å²) in [6, 6.07) is 0. The fourth-order valence-electron chi connectivity index (χ4n) is 0.193. The van der Waals surface area contributed by atoms with Crippen LogP contribution < -0.4 is 5.32 Å². The highest BCUT2D eigenvalue weighted by Crippen LogP contribution is 1.61. The molecule has 0 spiro atoms. The predicted octanol–water partition coefficient (Wildman–Crippen LogP) is 0.864. The molecule has 0 fully saturated rings. The summed E-state index contributed by atoms with van der Waals surface area (Å²) >= 11 is 0. The van der Waals surface area contributed by atoms with Crippen molar-refractivity contribution in [2.24, 2.45) is 5.11 Å². The van der Waals surface area contributed by atoms with E-state index in [1.165, 1.54) is 0 Å². The second-order valence-electron chi connectivity index (χ2n) is 0.993. The highest BCUT2D eigenvalue weighted by molar-refractivity contribution is 4.41. The zero-order chi connectivity index (χ0) is 5.54. The van der Waals surface area contributed by atoms with Gasteiger partial charge in [-0.05, 0) is 12.1 Å². The van der Waals surface area contributed by atoms with Gasteiger partial charge in [0.05, 0.1) is 6.67 Å². The fraction of sp³-hybridized carbons (Fsp3) is 1.00. The van der Waals surface area contributed by atoms with Crippen LogP contribution in [0.3, 0.4) is 0 Å². The van der Waals surface area contributed by atoms with Crippen LogP contribution in [0, 0.1) is 0 Å². The van der Waals surface area contributed by atoms with Crippen LogP contribution in [-0.2, 0) is 0 Å². The van der Waals surface area contributed by atoms with E-state index >= 15 is 0 Å². The summed E-state index contributed by atoms with van der Waals surface area (Å²) in [5, 5.41) is 6.06. The molecule has 4 heteroatoms. The number of nitrogens with one attached hydrogen (secondary N) is 1. The zero-order valence-corrected chi connectivity index (χ0v) is 4.26. The van der Waals surface area contributed by atoms with Gasteiger partial charge in [-0.2, -0.15) is 0 Å². The molecule has 40 valence electrons. The molecular weight excluding hydrogens is 92.1 g/mol. The minimum Gasteiger partial charge on any atom is -0.312 e. The van der Waals surface area contributed by atoms with Gasteiger partial charge in [0.15, 0.2) is 0 Å². The van der Waals surface area contributed by atoms with Gasteiger partial charge in [0.2, 0.25) is 0 Å². The Bertz CT molecular complexity index is 73.0. The number of hydrogen-bond donors (Lipinski definition) is 1. The normalized spacial score (nSPS) is 7.57. The molecule has 0 heterocycles. The molecule has 0 aromatic carbocycles. The van der Waals surface area contributed by atoms with E-state index in [2.05, 4.69) is 15.3 Å². The van der Waals surface area contributed by atoms with E-state index in [1.54, 1.807) is 0 Å². The number of hydrogen-bond acceptors (Lipinski definition) is 2. The molecule has 4 nitrogen and oxygen atoms in total. The van der Waals surface area contributed by atoms with E-state index in [-0.39, 0.29) is 0 Å². The van der Waals surface area contributed by atoms with Gasteiger partial charge in [0.25, 0.3) is 0 Å². The summed E-state index contributed by atoms with van der Waals surface area (Å²) in [4.78, 5) is 2.54. The van der Waals surface area contributed by atoms with E-state index in [4.69, 9.17) is 5.53 Å². The Balaban J connectivity index is 2.83. The van der Waals surface area contributed by atoms with Crippen LogP contribution in [0.5, 0.6) is 0 Å². The van der Waals surface area contributed by atoms with Gasteiger partial charge in [-0.1, -0.05) is 12.0 Å². The maximum Gasteiger partial charge on any atom is 0.0746 e. The van der Waals surface area contributed by atoms with Crippen molar-refractivity contribution in [2.75, 3.05) is 13.2 Å². The molecule has 0 rings (SSSR count). The van der Waals surface area contributed by atoms with Crippen molar-refractivity contribution >= 4 is 0 Å². The van der Waals surface area contributed by atoms with Gasteiger partial charge >= 0.3 is 0 Å². The quantitative estimate of drug-likeness (QED) is 0.243. The molecular formula is C3H8N4. The Morgan fingerprint density at radius 2 is 2.57 bits per heavy atom. The van der Waals surface area contributed by atoms with E-state index in [0.717, 1.165) is 6.54 Å². The monoisotopic (exact) mass is 100 g/mol. The second-order valence-corrected chi connectivity index (χ2v) is 0.993. The first-order valence-corrected chi connectivity index (χ1v) is 2.13. The Kier molecular flexibility index (Phi) is 4.72. The summed E-state index contributed by atoms with van der Waals surface area (Å²) in [5.41, 5.74) is 7.71. The van der Waals surface area contributed by atoms with Crippen LogP contribution >= 0.6 is 0 Å². The molecule has 7 heavy (non-hydrogen) atoms. The topological polar surface area (TPSA) is 60.8 Å². The molecule has 0 radical (unpaired) electrons. The molecule has 0 aromatic rings. The summed E-state index contributed by atoms with van der Waals surface area (Å²) in [5.74, 6) is 0. The molecule has 0 aliphatic heterocycles. The summed E-state index contributed by atoms with van der Waals surface area (Å²) in [7, 11) is 0. The lowest BCUT2D eigenvalue weighted by molar-refractivity contribution is 0.738. The fourth-order valence-corrected chi connectivity index (χ4v) is 0.193. The van der Waals surface area contributed by atoms with Gasteiger partial charge in [-0.3, -0.25) is 0 Å². The Hall–Kier alpha value is -0.730. The van der Waals surface area contributed by atoms with Crippen molar-refractivity contribution in [3.8, 4) is 0 Å². The summed E-state index contributed by atoms with van der Waals surface area (Å²) < 4.78 is 0. The van der Waals surface area contributed by atoms with Crippen molar-refractivity contribution < 1.29 is 0 Å². The van der Waals surface area contributed by atoms with Crippen LogP contribution in [0.25, 0.3) is 10.4 Å². The van der Waals surface area contributed by atoms with Crippen molar-refractivity contribution in [3.05, 3.63) is 10.4 Å². The Morgan fingerprint density at radius 3 is 3.00 bits per heavy atom. The minimum absolute atomic E-state index is 0.396. The van der Waals surface area contributed by atoms with Crippen LogP contribution in [0.2, 0.25) is 0 Å². The van der Waals surface area contributed by atoms with Crippen molar-refractivity contribution in [3.63, 3.8) is 0 Å². The number of azide groups is 1. The van der Waals surface area contributed by atoms with Gasteiger partial charge < -0.3 is 5.32 Å². The first-order chi connectivity index (χ1) is 3.41. The first-order valence-electron chi connectivity index (χ1n) is 2.13. The molecule has 0 aliphatic rings. The first kappa shape index (κ1) is 6.27. The minimum atomic E-state index is 0.396. The van der Waals surface area contributed by atoms with Crippen molar-refractivity contribution in [1.29, 1.82) is 0 Å². The van der Waals surface area contributed by atoms with Gasteiger partial charge in [0.1, 0.15) is 0 Å². The molecule has 0 bridgehead atoms. The third kappa shape index (κ3) is 5.27. The molecule has 0 aromatic heterocycles. The summed E-state index contributed by atoms with van der Waals surface area (Å²) in [6.45, 7) is 3.19. The number of nitrogens with zero attached hydrogens (tertiary/aromatic N) is 3. The molecule has 1 N–H and O–H groups in total. The number of rotatable bonds is 3. The van der Waals surface area contributed by atoms with Gasteiger partial charge in [-0.15, -0.1) is 0 Å². The van der Waals surface area contributed by atoms with E-state index in [0.29, 0.717) is 6.67 Å². The smallest absolute Gasteiger partial charge is 0.0746 e. The van der Waals surface area contributed by atoms with Gasteiger partial charge in [-0.25, -0.2) is 0 Å². The van der Waals surface area contributed by atoms with Crippen molar-refractivity contribution in [1.82, 2.24) is 5.32 Å². The lowest BCUT2D eigenvalue weighted by atomic mass is 10.8. The van der Waals surface area contributed by atoms with E-state index in [1.807, 2.05) is 6.92 Å². The van der Waals surface area contributed by atoms with Crippen LogP contribution in [0.15, 0.2) is 5.11 Å². The Morgan fingerprint density at radius 1 is 1.86 bits per heavy atom. The largest absolute Gasteiger partial charge is 0.312 e. The Labute approximate surface area is 42.2 Å². The molecule has 0 amide bonds. The molecule has 0 atom stereocenters. The molecule has 0 aliphatic carbocycles. The molecule has 0 saturated carbocycles. The van der Waals surface area contributed by atoms with E-state index < -0.39 is 0 Å². The standard InChI is InChI=1S/C3H8N4/c1-2-5-3-6-7-4/h5H,2-3H2,1H3. The highest BCUT2D eigenvalue weighted by Gasteiger charge is 1.69. The third-order valence-corrected chi connectivity index (χ3v) is 0.496. The van der Waals surface area contributed by atoms with Crippen LogP contribution in [0.4, 0.5) is 0 Å². The van der Waals surface area contributed by atoms with Gasteiger partial charge in [0, 0.05) is 4.91 Å². The highest BCUT2D eigenvalue weighted by atomic mass is 15.2. The van der Waals surface area contributed by atoms with Crippen LogP contribution in [-0.4, -0.2) is 13.2 Å². The third-order valence-electron chi connectivity index (χ3n) is 0.496. The maximum absolute atomic E-state index is 7.71. The van der Waals surface area contributed by atoms with E-state index in [9.17, 15) is 0 Å². The SMILES string of the molecule is CCNCN=[N+]=[N-]. The van der Waals surface area contributed by atoms with Crippen LogP contribution in [0.1, 0.15) is 6.92 Å². The summed E-state index contributed by atoms with van der Waals surface area (Å²) in [6.07, 6.45) is 0. The zero-order valence-electron chi connectivity index (χ0n) is 4.26.